The molecule has 21 heavy (non-hydrogen) atoms. The average molecular weight is 289 g/mol. The highest BCUT2D eigenvalue weighted by molar-refractivity contribution is 5.49. The van der Waals surface area contributed by atoms with E-state index in [-0.39, 0.29) is 11.5 Å². The first-order valence-corrected chi connectivity index (χ1v) is 7.45. The Kier molecular flexibility index (Phi) is 3.57. The monoisotopic (exact) mass is 289 g/mol. The molecule has 1 heterocycles. The van der Waals surface area contributed by atoms with Crippen molar-refractivity contribution in [2.24, 2.45) is 0 Å². The third-order valence-corrected chi connectivity index (χ3v) is 4.93. The van der Waals surface area contributed by atoms with Gasteiger partial charge in [-0.15, -0.1) is 0 Å². The molecule has 4 nitrogen and oxygen atoms in total. The molecule has 0 bridgehead atoms. The van der Waals surface area contributed by atoms with Crippen molar-refractivity contribution in [3.05, 3.63) is 35.5 Å². The summed E-state index contributed by atoms with van der Waals surface area (Å²) in [5, 5.41) is 9.97. The number of hydrogen-bond donors (Lipinski definition) is 1. The largest absolute Gasteiger partial charge is 0.493 e. The number of likely N-dealkylation sites (tertiary alicyclic amines) is 1. The van der Waals surface area contributed by atoms with E-state index in [2.05, 4.69) is 24.1 Å². The number of ether oxygens (including phenoxy) is 2. The maximum atomic E-state index is 9.97. The molecule has 3 rings (SSSR count). The smallest absolute Gasteiger partial charge is 0.161 e. The first kappa shape index (κ1) is 14.3. The second-order valence-corrected chi connectivity index (χ2v) is 5.98. The molecule has 0 spiro atoms. The lowest BCUT2D eigenvalue weighted by atomic mass is 9.70. The molecule has 1 aromatic carbocycles. The van der Waals surface area contributed by atoms with Crippen molar-refractivity contribution in [2.75, 3.05) is 27.8 Å². The number of rotatable bonds is 3. The predicted octanol–water partition coefficient (Wildman–Crippen LogP) is 2.32. The fourth-order valence-corrected chi connectivity index (χ4v) is 3.74. The number of allylic oxidation sites excluding steroid dienone is 1. The Morgan fingerprint density at radius 1 is 1.19 bits per heavy atom. The van der Waals surface area contributed by atoms with Crippen LogP contribution in [0.5, 0.6) is 11.5 Å². The summed E-state index contributed by atoms with van der Waals surface area (Å²) >= 11 is 0. The Balaban J connectivity index is 2.08. The predicted molar refractivity (Wildman–Crippen MR) is 81.8 cm³/mol. The summed E-state index contributed by atoms with van der Waals surface area (Å²) in [7, 11) is 5.43. The van der Waals surface area contributed by atoms with Crippen LogP contribution in [0.4, 0.5) is 0 Å². The van der Waals surface area contributed by atoms with Crippen LogP contribution < -0.4 is 9.47 Å². The van der Waals surface area contributed by atoms with Crippen LogP contribution in [0.25, 0.3) is 0 Å². The minimum Gasteiger partial charge on any atom is -0.493 e. The Morgan fingerprint density at radius 3 is 2.67 bits per heavy atom. The molecule has 1 N–H and O–H groups in total. The zero-order chi connectivity index (χ0) is 15.0. The van der Waals surface area contributed by atoms with Crippen LogP contribution in [0, 0.1) is 0 Å². The molecule has 1 aliphatic heterocycles. The SMILES string of the molecule is COc1ccc([C@@]23CC[C@H](O)C=C2N(C)CC3)cc1OC. The van der Waals surface area contributed by atoms with Gasteiger partial charge in [0.05, 0.1) is 20.3 Å². The molecule has 4 heteroatoms. The van der Waals surface area contributed by atoms with Gasteiger partial charge >= 0.3 is 0 Å². The second kappa shape index (κ2) is 5.26. The number of aliphatic hydroxyl groups is 1. The maximum Gasteiger partial charge on any atom is 0.161 e. The van der Waals surface area contributed by atoms with Gasteiger partial charge in [-0.1, -0.05) is 6.07 Å². The van der Waals surface area contributed by atoms with Gasteiger partial charge in [-0.25, -0.2) is 0 Å². The van der Waals surface area contributed by atoms with Crippen molar-refractivity contribution >= 4 is 0 Å². The molecule has 2 aliphatic rings. The van der Waals surface area contributed by atoms with E-state index < -0.39 is 0 Å². The van der Waals surface area contributed by atoms with E-state index in [1.54, 1.807) is 14.2 Å². The Bertz CT molecular complexity index is 569. The summed E-state index contributed by atoms with van der Waals surface area (Å²) in [6.07, 6.45) is 4.56. The van der Waals surface area contributed by atoms with E-state index in [0.29, 0.717) is 0 Å². The molecule has 114 valence electrons. The zero-order valence-corrected chi connectivity index (χ0v) is 12.9. The van der Waals surface area contributed by atoms with Gasteiger partial charge in [-0.05, 0) is 43.0 Å². The standard InChI is InChI=1S/C17H23NO3/c1-18-9-8-17(7-6-13(19)11-16(17)18)12-4-5-14(20-2)15(10-12)21-3/h4-5,10-11,13,19H,6-9H2,1-3H3/t13-,17-/m0/s1. The third kappa shape index (κ3) is 2.18. The topological polar surface area (TPSA) is 41.9 Å². The summed E-state index contributed by atoms with van der Waals surface area (Å²) in [5.74, 6) is 1.52. The van der Waals surface area contributed by atoms with E-state index in [1.807, 2.05) is 12.1 Å². The van der Waals surface area contributed by atoms with Gasteiger partial charge in [0, 0.05) is 24.7 Å². The molecule has 1 aliphatic carbocycles. The van der Waals surface area contributed by atoms with Crippen molar-refractivity contribution in [3.8, 4) is 11.5 Å². The molecule has 0 saturated carbocycles. The van der Waals surface area contributed by atoms with E-state index in [4.69, 9.17) is 9.47 Å². The first-order valence-electron chi connectivity index (χ1n) is 7.45. The molecule has 2 atom stereocenters. The molecule has 0 aromatic heterocycles. The van der Waals surface area contributed by atoms with E-state index >= 15 is 0 Å². The lowest BCUT2D eigenvalue weighted by Gasteiger charge is -2.37. The normalized spacial score (nSPS) is 28.1. The van der Waals surface area contributed by atoms with Crippen LogP contribution >= 0.6 is 0 Å². The van der Waals surface area contributed by atoms with Crippen molar-refractivity contribution in [3.63, 3.8) is 0 Å². The number of likely N-dealkylation sites (N-methyl/N-ethyl adjacent to an activating group) is 1. The van der Waals surface area contributed by atoms with E-state index in [0.717, 1.165) is 37.3 Å². The quantitative estimate of drug-likeness (QED) is 0.927. The third-order valence-electron chi connectivity index (χ3n) is 4.93. The zero-order valence-electron chi connectivity index (χ0n) is 12.9. The van der Waals surface area contributed by atoms with Crippen LogP contribution in [0.3, 0.4) is 0 Å². The van der Waals surface area contributed by atoms with Crippen LogP contribution in [0.2, 0.25) is 0 Å². The molecule has 1 saturated heterocycles. The minimum absolute atomic E-state index is 0.00747. The summed E-state index contributed by atoms with van der Waals surface area (Å²) in [4.78, 5) is 2.26. The van der Waals surface area contributed by atoms with Crippen molar-refractivity contribution in [1.29, 1.82) is 0 Å². The highest BCUT2D eigenvalue weighted by Crippen LogP contribution is 2.50. The van der Waals surface area contributed by atoms with Crippen LogP contribution in [0.1, 0.15) is 24.8 Å². The average Bonchev–Trinajstić information content (AvgIpc) is 2.85. The number of hydrogen-bond acceptors (Lipinski definition) is 4. The molecule has 0 amide bonds. The Morgan fingerprint density at radius 2 is 1.95 bits per heavy atom. The Hall–Kier alpha value is -1.68. The fourth-order valence-electron chi connectivity index (χ4n) is 3.74. The fraction of sp³-hybridized carbons (Fsp3) is 0.529. The second-order valence-electron chi connectivity index (χ2n) is 5.98. The van der Waals surface area contributed by atoms with Crippen molar-refractivity contribution in [1.82, 2.24) is 4.90 Å². The van der Waals surface area contributed by atoms with Gasteiger partial charge in [0.1, 0.15) is 0 Å². The summed E-state index contributed by atoms with van der Waals surface area (Å²) in [5.41, 5.74) is 2.50. The van der Waals surface area contributed by atoms with Gasteiger partial charge in [0.15, 0.2) is 11.5 Å². The number of benzene rings is 1. The van der Waals surface area contributed by atoms with Crippen LogP contribution in [-0.2, 0) is 5.41 Å². The molecule has 0 radical (unpaired) electrons. The van der Waals surface area contributed by atoms with Gasteiger partial charge in [-0.3, -0.25) is 0 Å². The molecule has 1 fully saturated rings. The maximum absolute atomic E-state index is 9.97. The summed E-state index contributed by atoms with van der Waals surface area (Å²) in [6.45, 7) is 1.02. The Labute approximate surface area is 126 Å². The number of methoxy groups -OCH3 is 2. The van der Waals surface area contributed by atoms with Gasteiger partial charge in [-0.2, -0.15) is 0 Å². The lowest BCUT2D eigenvalue weighted by Crippen LogP contribution is -2.33. The lowest BCUT2D eigenvalue weighted by molar-refractivity contribution is 0.181. The van der Waals surface area contributed by atoms with E-state index in [9.17, 15) is 5.11 Å². The number of aliphatic hydroxyl groups excluding tert-OH is 1. The highest BCUT2D eigenvalue weighted by atomic mass is 16.5. The minimum atomic E-state index is -0.325. The van der Waals surface area contributed by atoms with Crippen molar-refractivity contribution < 1.29 is 14.6 Å². The number of nitrogens with zero attached hydrogens (tertiary/aromatic N) is 1. The summed E-state index contributed by atoms with van der Waals surface area (Å²) < 4.78 is 10.8. The molecular weight excluding hydrogens is 266 g/mol. The van der Waals surface area contributed by atoms with Gasteiger partial charge in [0.25, 0.3) is 0 Å². The van der Waals surface area contributed by atoms with Crippen molar-refractivity contribution in [2.45, 2.75) is 30.8 Å². The highest BCUT2D eigenvalue weighted by Gasteiger charge is 2.45. The summed E-state index contributed by atoms with van der Waals surface area (Å²) in [6, 6.07) is 6.19. The molecular formula is C17H23NO3. The van der Waals surface area contributed by atoms with E-state index in [1.165, 1.54) is 11.3 Å². The van der Waals surface area contributed by atoms with Crippen LogP contribution in [-0.4, -0.2) is 43.9 Å². The van der Waals surface area contributed by atoms with Crippen LogP contribution in [0.15, 0.2) is 30.0 Å². The van der Waals surface area contributed by atoms with Gasteiger partial charge < -0.3 is 19.5 Å². The molecule has 0 unspecified atom stereocenters. The first-order chi connectivity index (χ1) is 10.1. The molecule has 1 aromatic rings. The van der Waals surface area contributed by atoms with Gasteiger partial charge in [0.2, 0.25) is 0 Å². The number of fused-ring (bicyclic) bond motifs is 1.